The molecule has 1 amide bonds. The van der Waals surface area contributed by atoms with E-state index in [2.05, 4.69) is 17.3 Å². The SMILES string of the molecule is CCCO[C@H]1CC[C@@H](CC(=O)NN(O)Cc2ccnc(S(=O)(=O)c3ccc(OCC)cc3)c2)CC1.Cl. The summed E-state index contributed by atoms with van der Waals surface area (Å²) >= 11 is 0. The zero-order chi connectivity index (χ0) is 25.3. The van der Waals surface area contributed by atoms with Crippen LogP contribution in [-0.2, 0) is 25.9 Å². The summed E-state index contributed by atoms with van der Waals surface area (Å²) in [6, 6.07) is 9.10. The largest absolute Gasteiger partial charge is 0.494 e. The lowest BCUT2D eigenvalue weighted by Crippen LogP contribution is -2.40. The van der Waals surface area contributed by atoms with E-state index in [0.29, 0.717) is 29.5 Å². The van der Waals surface area contributed by atoms with Gasteiger partial charge in [-0.15, -0.1) is 12.4 Å². The molecule has 0 spiro atoms. The van der Waals surface area contributed by atoms with Crippen LogP contribution in [0.5, 0.6) is 5.75 Å². The summed E-state index contributed by atoms with van der Waals surface area (Å²) in [5, 5.41) is 10.8. The van der Waals surface area contributed by atoms with Gasteiger partial charge in [-0.3, -0.25) is 15.4 Å². The summed E-state index contributed by atoms with van der Waals surface area (Å²) in [5.41, 5.74) is 2.95. The zero-order valence-corrected chi connectivity index (χ0v) is 22.4. The Morgan fingerprint density at radius 3 is 2.47 bits per heavy atom. The van der Waals surface area contributed by atoms with Crippen molar-refractivity contribution in [2.24, 2.45) is 5.92 Å². The Morgan fingerprint density at radius 2 is 1.83 bits per heavy atom. The highest BCUT2D eigenvalue weighted by Gasteiger charge is 2.24. The molecule has 1 aliphatic rings. The lowest BCUT2D eigenvalue weighted by Gasteiger charge is -2.28. The number of pyridine rings is 1. The molecule has 36 heavy (non-hydrogen) atoms. The molecule has 9 nitrogen and oxygen atoms in total. The summed E-state index contributed by atoms with van der Waals surface area (Å²) in [4.78, 5) is 16.5. The molecule has 1 heterocycles. The standard InChI is InChI=1S/C25H35N3O6S.ClH/c1-3-15-34-22-7-5-19(6-8-22)16-24(29)27-28(30)18-20-13-14-26-25(17-20)35(31,32)23-11-9-21(10-12-23)33-4-2;/h9-14,17,19,22,30H,3-8,15-16,18H2,1-2H3,(H,27,29);1H/t19-,22+;. The highest BCUT2D eigenvalue weighted by Crippen LogP contribution is 2.28. The lowest BCUT2D eigenvalue weighted by molar-refractivity contribution is -0.166. The van der Waals surface area contributed by atoms with E-state index in [1.54, 1.807) is 18.2 Å². The van der Waals surface area contributed by atoms with Crippen LogP contribution in [0.3, 0.4) is 0 Å². The van der Waals surface area contributed by atoms with Gasteiger partial charge in [0.05, 0.1) is 24.2 Å². The maximum Gasteiger partial charge on any atom is 0.236 e. The van der Waals surface area contributed by atoms with Crippen molar-refractivity contribution in [3.63, 3.8) is 0 Å². The molecule has 0 bridgehead atoms. The molecule has 1 saturated carbocycles. The average molecular weight is 542 g/mol. The Kier molecular flexibility index (Phi) is 12.1. The van der Waals surface area contributed by atoms with Crippen LogP contribution < -0.4 is 10.2 Å². The molecule has 0 unspecified atom stereocenters. The lowest BCUT2D eigenvalue weighted by atomic mass is 9.85. The number of benzene rings is 1. The van der Waals surface area contributed by atoms with Crippen molar-refractivity contribution in [2.75, 3.05) is 13.2 Å². The molecule has 0 aliphatic heterocycles. The molecule has 3 rings (SSSR count). The summed E-state index contributed by atoms with van der Waals surface area (Å²) in [6.07, 6.45) is 6.71. The van der Waals surface area contributed by atoms with Crippen molar-refractivity contribution in [3.8, 4) is 5.75 Å². The third kappa shape index (κ3) is 8.70. The third-order valence-corrected chi connectivity index (χ3v) is 7.60. The number of aromatic nitrogens is 1. The second kappa shape index (κ2) is 14.5. The summed E-state index contributed by atoms with van der Waals surface area (Å²) in [5.74, 6) is 0.566. The van der Waals surface area contributed by atoms with Gasteiger partial charge in [0.1, 0.15) is 5.75 Å². The van der Waals surface area contributed by atoms with Crippen LogP contribution in [0.4, 0.5) is 0 Å². The first-order chi connectivity index (χ1) is 16.8. The summed E-state index contributed by atoms with van der Waals surface area (Å²) in [7, 11) is -3.85. The van der Waals surface area contributed by atoms with Crippen LogP contribution in [0.1, 0.15) is 57.9 Å². The summed E-state index contributed by atoms with van der Waals surface area (Å²) in [6.45, 7) is 5.11. The first-order valence-electron chi connectivity index (χ1n) is 12.1. The molecule has 1 aromatic carbocycles. The van der Waals surface area contributed by atoms with E-state index in [1.807, 2.05) is 6.92 Å². The molecule has 0 saturated heterocycles. The molecule has 1 aromatic heterocycles. The van der Waals surface area contributed by atoms with Crippen LogP contribution in [0.2, 0.25) is 0 Å². The Balaban J connectivity index is 0.00000456. The van der Waals surface area contributed by atoms with Crippen molar-refractivity contribution >= 4 is 28.2 Å². The highest BCUT2D eigenvalue weighted by molar-refractivity contribution is 7.91. The van der Waals surface area contributed by atoms with E-state index in [0.717, 1.165) is 38.7 Å². The van der Waals surface area contributed by atoms with Crippen LogP contribution in [0.15, 0.2) is 52.5 Å². The van der Waals surface area contributed by atoms with Crippen molar-refractivity contribution in [1.29, 1.82) is 0 Å². The molecule has 200 valence electrons. The zero-order valence-electron chi connectivity index (χ0n) is 20.8. The topological polar surface area (TPSA) is 118 Å². The van der Waals surface area contributed by atoms with Gasteiger partial charge in [-0.05, 0) is 86.9 Å². The molecule has 1 aliphatic carbocycles. The number of ether oxygens (including phenoxy) is 2. The molecule has 2 aromatic rings. The highest BCUT2D eigenvalue weighted by atomic mass is 35.5. The third-order valence-electron chi connectivity index (χ3n) is 5.93. The van der Waals surface area contributed by atoms with E-state index in [-0.39, 0.29) is 46.8 Å². The van der Waals surface area contributed by atoms with Crippen molar-refractivity contribution < 1.29 is 27.9 Å². The monoisotopic (exact) mass is 541 g/mol. The predicted molar refractivity (Wildman–Crippen MR) is 137 cm³/mol. The maximum atomic E-state index is 13.0. The number of carbonyl (C=O) groups excluding carboxylic acids is 1. The normalized spacial score (nSPS) is 17.9. The molecule has 2 N–H and O–H groups in total. The first-order valence-corrected chi connectivity index (χ1v) is 13.6. The summed E-state index contributed by atoms with van der Waals surface area (Å²) < 4.78 is 37.1. The van der Waals surface area contributed by atoms with E-state index >= 15 is 0 Å². The van der Waals surface area contributed by atoms with Gasteiger partial charge in [0, 0.05) is 19.2 Å². The first kappa shape index (κ1) is 30.0. The number of rotatable bonds is 12. The van der Waals surface area contributed by atoms with Gasteiger partial charge in [-0.25, -0.2) is 13.4 Å². The van der Waals surface area contributed by atoms with Gasteiger partial charge < -0.3 is 9.47 Å². The van der Waals surface area contributed by atoms with Crippen LogP contribution in [0, 0.1) is 5.92 Å². The molecular formula is C25H36ClN3O6S. The predicted octanol–water partition coefficient (Wildman–Crippen LogP) is 4.33. The molecule has 0 radical (unpaired) electrons. The number of nitrogens with one attached hydrogen (secondary N) is 1. The van der Waals surface area contributed by atoms with Gasteiger partial charge in [0.25, 0.3) is 0 Å². The Bertz CT molecular complexity index is 1060. The van der Waals surface area contributed by atoms with E-state index in [4.69, 9.17) is 9.47 Å². The minimum atomic E-state index is -3.85. The number of hydroxylamine groups is 1. The number of hydrogen-bond acceptors (Lipinski definition) is 8. The van der Waals surface area contributed by atoms with Crippen molar-refractivity contribution in [3.05, 3.63) is 48.2 Å². The Morgan fingerprint density at radius 1 is 1.14 bits per heavy atom. The van der Waals surface area contributed by atoms with Gasteiger partial charge in [-0.2, -0.15) is 0 Å². The van der Waals surface area contributed by atoms with Gasteiger partial charge in [-0.1, -0.05) is 12.1 Å². The molecule has 0 atom stereocenters. The van der Waals surface area contributed by atoms with Crippen LogP contribution >= 0.6 is 12.4 Å². The number of nitrogens with zero attached hydrogens (tertiary/aromatic N) is 2. The van der Waals surface area contributed by atoms with Crippen molar-refractivity contribution in [2.45, 2.75) is 74.9 Å². The van der Waals surface area contributed by atoms with E-state index in [1.165, 1.54) is 24.4 Å². The maximum absolute atomic E-state index is 13.0. The van der Waals surface area contributed by atoms with Gasteiger partial charge in [0.2, 0.25) is 15.7 Å². The Labute approximate surface area is 219 Å². The number of amides is 1. The van der Waals surface area contributed by atoms with E-state index < -0.39 is 9.84 Å². The number of carbonyl (C=O) groups is 1. The fraction of sp³-hybridized carbons (Fsp3) is 0.520. The molecule has 1 fully saturated rings. The molecule has 11 heteroatoms. The Hall–Kier alpha value is -2.24. The smallest absolute Gasteiger partial charge is 0.236 e. The minimum absolute atomic E-state index is 0. The van der Waals surface area contributed by atoms with Crippen LogP contribution in [0.25, 0.3) is 0 Å². The average Bonchev–Trinajstić information content (AvgIpc) is 2.84. The van der Waals surface area contributed by atoms with Gasteiger partial charge >= 0.3 is 0 Å². The quantitative estimate of drug-likeness (QED) is 0.381. The molecular weight excluding hydrogens is 506 g/mol. The fourth-order valence-corrected chi connectivity index (χ4v) is 5.39. The minimum Gasteiger partial charge on any atom is -0.494 e. The van der Waals surface area contributed by atoms with Crippen LogP contribution in [-0.4, -0.2) is 49.0 Å². The number of halogens is 1. The number of hydrazine groups is 1. The number of hydrogen-bond donors (Lipinski definition) is 2. The fourth-order valence-electron chi connectivity index (χ4n) is 4.15. The second-order valence-electron chi connectivity index (χ2n) is 8.72. The van der Waals surface area contributed by atoms with Gasteiger partial charge in [0.15, 0.2) is 5.03 Å². The van der Waals surface area contributed by atoms with E-state index in [9.17, 15) is 18.4 Å². The van der Waals surface area contributed by atoms with Crippen molar-refractivity contribution in [1.82, 2.24) is 15.6 Å². The second-order valence-corrected chi connectivity index (χ2v) is 10.6. The number of sulfone groups is 1.